The van der Waals surface area contributed by atoms with E-state index in [0.29, 0.717) is 5.56 Å². The number of nitrogens with zero attached hydrogens (tertiary/aromatic N) is 1. The van der Waals surface area contributed by atoms with E-state index in [0.717, 1.165) is 31.4 Å². The lowest BCUT2D eigenvalue weighted by atomic mass is 10.1. The first kappa shape index (κ1) is 15.5. The van der Waals surface area contributed by atoms with Gasteiger partial charge in [-0.2, -0.15) is 0 Å². The third kappa shape index (κ3) is 4.27. The number of carbonyl (C=O) groups excluding carboxylic acids is 1. The number of unbranched alkanes of at least 4 members (excludes halogenated alkanes) is 2. The van der Waals surface area contributed by atoms with Crippen LogP contribution in [0.25, 0.3) is 0 Å². The van der Waals surface area contributed by atoms with Crippen molar-refractivity contribution in [3.8, 4) is 5.75 Å². The summed E-state index contributed by atoms with van der Waals surface area (Å²) in [6.07, 6.45) is 3.30. The molecule has 0 saturated heterocycles. The molecule has 0 aliphatic heterocycles. The van der Waals surface area contributed by atoms with Crippen LogP contribution in [0.5, 0.6) is 5.75 Å². The van der Waals surface area contributed by atoms with Gasteiger partial charge in [0, 0.05) is 18.2 Å². The molecule has 1 aromatic rings. The molecule has 0 bridgehead atoms. The van der Waals surface area contributed by atoms with Crippen molar-refractivity contribution < 1.29 is 9.90 Å². The van der Waals surface area contributed by atoms with Gasteiger partial charge in [0.2, 0.25) is 0 Å². The van der Waals surface area contributed by atoms with Gasteiger partial charge in [-0.25, -0.2) is 0 Å². The summed E-state index contributed by atoms with van der Waals surface area (Å²) in [7, 11) is 0. The Balaban J connectivity index is 2.83. The van der Waals surface area contributed by atoms with Crippen LogP contribution in [0, 0.1) is 6.92 Å². The summed E-state index contributed by atoms with van der Waals surface area (Å²) >= 11 is 0. The van der Waals surface area contributed by atoms with Crippen LogP contribution >= 0.6 is 0 Å². The third-order valence-electron chi connectivity index (χ3n) is 3.34. The lowest BCUT2D eigenvalue weighted by Gasteiger charge is -2.27. The second kappa shape index (κ2) is 7.17. The highest BCUT2D eigenvalue weighted by Gasteiger charge is 2.18. The highest BCUT2D eigenvalue weighted by Crippen LogP contribution is 2.19. The molecule has 0 spiro atoms. The minimum Gasteiger partial charge on any atom is -0.508 e. The van der Waals surface area contributed by atoms with Crippen LogP contribution in [0.3, 0.4) is 0 Å². The SMILES string of the molecule is CCCCCN(C(=O)c1ccc(C)c(O)c1)C(C)C. The maximum absolute atomic E-state index is 12.5. The Kier molecular flexibility index (Phi) is 5.87. The van der Waals surface area contributed by atoms with Gasteiger partial charge >= 0.3 is 0 Å². The molecule has 1 amide bonds. The third-order valence-corrected chi connectivity index (χ3v) is 3.34. The Morgan fingerprint density at radius 3 is 2.53 bits per heavy atom. The Morgan fingerprint density at radius 2 is 2.00 bits per heavy atom. The minimum absolute atomic E-state index is 0.00130. The largest absolute Gasteiger partial charge is 0.508 e. The fourth-order valence-corrected chi connectivity index (χ4v) is 2.03. The van der Waals surface area contributed by atoms with E-state index in [4.69, 9.17) is 0 Å². The maximum atomic E-state index is 12.5. The van der Waals surface area contributed by atoms with E-state index in [1.54, 1.807) is 18.2 Å². The molecule has 19 heavy (non-hydrogen) atoms. The number of phenolic OH excluding ortho intramolecular Hbond substituents is 1. The van der Waals surface area contributed by atoms with E-state index in [1.165, 1.54) is 0 Å². The molecule has 1 aromatic carbocycles. The summed E-state index contributed by atoms with van der Waals surface area (Å²) in [6, 6.07) is 5.31. The average Bonchev–Trinajstić information content (AvgIpc) is 2.37. The van der Waals surface area contributed by atoms with E-state index in [9.17, 15) is 9.90 Å². The Labute approximate surface area is 116 Å². The maximum Gasteiger partial charge on any atom is 0.254 e. The number of aromatic hydroxyl groups is 1. The fourth-order valence-electron chi connectivity index (χ4n) is 2.03. The summed E-state index contributed by atoms with van der Waals surface area (Å²) in [6.45, 7) is 8.80. The number of hydrogen-bond acceptors (Lipinski definition) is 2. The Hall–Kier alpha value is -1.51. The molecular weight excluding hydrogens is 238 g/mol. The zero-order valence-corrected chi connectivity index (χ0v) is 12.4. The van der Waals surface area contributed by atoms with Crippen LogP contribution in [0.4, 0.5) is 0 Å². The van der Waals surface area contributed by atoms with Crippen LogP contribution < -0.4 is 0 Å². The average molecular weight is 263 g/mol. The summed E-state index contributed by atoms with van der Waals surface area (Å²) in [5.74, 6) is 0.185. The standard InChI is InChI=1S/C16H25NO2/c1-5-6-7-10-17(12(2)3)16(19)14-9-8-13(4)15(18)11-14/h8-9,11-12,18H,5-7,10H2,1-4H3. The van der Waals surface area contributed by atoms with Crippen molar-refractivity contribution >= 4 is 5.91 Å². The van der Waals surface area contributed by atoms with Crippen LogP contribution in [-0.2, 0) is 0 Å². The molecular formula is C16H25NO2. The number of phenols is 1. The molecule has 0 saturated carbocycles. The number of hydrogen-bond donors (Lipinski definition) is 1. The Bertz CT molecular complexity index is 427. The van der Waals surface area contributed by atoms with Gasteiger partial charge in [-0.1, -0.05) is 25.8 Å². The number of amides is 1. The van der Waals surface area contributed by atoms with E-state index < -0.39 is 0 Å². The van der Waals surface area contributed by atoms with Crippen molar-refractivity contribution in [3.05, 3.63) is 29.3 Å². The molecule has 0 aliphatic carbocycles. The number of rotatable bonds is 6. The van der Waals surface area contributed by atoms with E-state index in [1.807, 2.05) is 25.7 Å². The van der Waals surface area contributed by atoms with Crippen molar-refractivity contribution in [2.75, 3.05) is 6.54 Å². The first-order chi connectivity index (χ1) is 8.97. The smallest absolute Gasteiger partial charge is 0.254 e. The van der Waals surface area contributed by atoms with Gasteiger partial charge < -0.3 is 10.0 Å². The summed E-state index contributed by atoms with van der Waals surface area (Å²) in [4.78, 5) is 14.3. The monoisotopic (exact) mass is 263 g/mol. The second-order valence-electron chi connectivity index (χ2n) is 5.30. The molecule has 0 aromatic heterocycles. The highest BCUT2D eigenvalue weighted by atomic mass is 16.3. The molecule has 1 rings (SSSR count). The molecule has 106 valence electrons. The first-order valence-corrected chi connectivity index (χ1v) is 7.08. The normalized spacial score (nSPS) is 10.8. The molecule has 0 aliphatic rings. The zero-order valence-electron chi connectivity index (χ0n) is 12.4. The summed E-state index contributed by atoms with van der Waals surface area (Å²) in [5.41, 5.74) is 1.35. The van der Waals surface area contributed by atoms with E-state index in [2.05, 4.69) is 6.92 Å². The predicted octanol–water partition coefficient (Wildman–Crippen LogP) is 3.74. The fraction of sp³-hybridized carbons (Fsp3) is 0.562. The van der Waals surface area contributed by atoms with Crippen LogP contribution in [0.15, 0.2) is 18.2 Å². The minimum atomic E-state index is 0.00130. The number of benzene rings is 1. The van der Waals surface area contributed by atoms with Crippen molar-refractivity contribution in [1.82, 2.24) is 4.90 Å². The van der Waals surface area contributed by atoms with Crippen LogP contribution in [-0.4, -0.2) is 28.5 Å². The van der Waals surface area contributed by atoms with Gasteiger partial charge in [-0.05, 0) is 44.9 Å². The van der Waals surface area contributed by atoms with Gasteiger partial charge in [0.15, 0.2) is 0 Å². The lowest BCUT2D eigenvalue weighted by molar-refractivity contribution is 0.0702. The first-order valence-electron chi connectivity index (χ1n) is 7.08. The molecule has 3 heteroatoms. The predicted molar refractivity (Wildman–Crippen MR) is 78.5 cm³/mol. The molecule has 1 N–H and O–H groups in total. The molecule has 0 fully saturated rings. The van der Waals surface area contributed by atoms with Gasteiger partial charge in [0.25, 0.3) is 5.91 Å². The molecule has 3 nitrogen and oxygen atoms in total. The van der Waals surface area contributed by atoms with Crippen molar-refractivity contribution in [2.45, 2.75) is 53.0 Å². The van der Waals surface area contributed by atoms with E-state index in [-0.39, 0.29) is 17.7 Å². The van der Waals surface area contributed by atoms with Gasteiger partial charge in [-0.3, -0.25) is 4.79 Å². The van der Waals surface area contributed by atoms with Gasteiger partial charge in [0.1, 0.15) is 5.75 Å². The van der Waals surface area contributed by atoms with Crippen molar-refractivity contribution in [3.63, 3.8) is 0 Å². The summed E-state index contributed by atoms with van der Waals surface area (Å²) < 4.78 is 0. The van der Waals surface area contributed by atoms with Crippen molar-refractivity contribution in [2.24, 2.45) is 0 Å². The quantitative estimate of drug-likeness (QED) is 0.794. The zero-order chi connectivity index (χ0) is 14.4. The molecule has 0 radical (unpaired) electrons. The van der Waals surface area contributed by atoms with Crippen LogP contribution in [0.2, 0.25) is 0 Å². The van der Waals surface area contributed by atoms with Crippen molar-refractivity contribution in [1.29, 1.82) is 0 Å². The number of aryl methyl sites for hydroxylation is 1. The lowest BCUT2D eigenvalue weighted by Crippen LogP contribution is -2.37. The van der Waals surface area contributed by atoms with Crippen LogP contribution in [0.1, 0.15) is 56.0 Å². The topological polar surface area (TPSA) is 40.5 Å². The van der Waals surface area contributed by atoms with E-state index >= 15 is 0 Å². The Morgan fingerprint density at radius 1 is 1.32 bits per heavy atom. The highest BCUT2D eigenvalue weighted by molar-refractivity contribution is 5.94. The number of carbonyl (C=O) groups is 1. The second-order valence-corrected chi connectivity index (χ2v) is 5.30. The van der Waals surface area contributed by atoms with Gasteiger partial charge in [0.05, 0.1) is 0 Å². The molecule has 0 atom stereocenters. The van der Waals surface area contributed by atoms with Gasteiger partial charge in [-0.15, -0.1) is 0 Å². The summed E-state index contributed by atoms with van der Waals surface area (Å²) in [5, 5.41) is 9.71. The molecule has 0 unspecified atom stereocenters. The molecule has 0 heterocycles.